The highest BCUT2D eigenvalue weighted by atomic mass is 32.2. The summed E-state index contributed by atoms with van der Waals surface area (Å²) in [6.07, 6.45) is 0. The van der Waals surface area contributed by atoms with Crippen LogP contribution in [0.4, 0.5) is 0 Å². The molecule has 2 heteroatoms. The normalized spacial score (nSPS) is 9.91. The summed E-state index contributed by atoms with van der Waals surface area (Å²) in [5.41, 5.74) is 1.32. The van der Waals surface area contributed by atoms with Crippen LogP contribution in [-0.4, -0.2) is 7.11 Å². The summed E-state index contributed by atoms with van der Waals surface area (Å²) in [7, 11) is 1.66. The van der Waals surface area contributed by atoms with Crippen molar-refractivity contribution in [1.82, 2.24) is 0 Å². The van der Waals surface area contributed by atoms with Gasteiger partial charge in [-0.3, -0.25) is 0 Å². The minimum Gasteiger partial charge on any atom is -0.367 e. The monoisotopic (exact) mass is 167 g/mol. The quantitative estimate of drug-likeness (QED) is 0.638. The van der Waals surface area contributed by atoms with E-state index in [2.05, 4.69) is 12.1 Å². The second-order valence-corrected chi connectivity index (χ2v) is 2.94. The van der Waals surface area contributed by atoms with E-state index in [0.717, 1.165) is 5.75 Å². The molecule has 0 atom stereocenters. The van der Waals surface area contributed by atoms with Crippen LogP contribution in [0.3, 0.4) is 0 Å². The molecule has 0 aliphatic rings. The first-order chi connectivity index (χ1) is 5.43. The molecule has 59 valence electrons. The molecule has 11 heavy (non-hydrogen) atoms. The van der Waals surface area contributed by atoms with E-state index in [1.165, 1.54) is 5.56 Å². The van der Waals surface area contributed by atoms with E-state index < -0.39 is 0 Å². The first-order valence-corrected chi connectivity index (χ1v) is 4.48. The Kier molecular flexibility index (Phi) is 4.09. The molecule has 0 heterocycles. The van der Waals surface area contributed by atoms with E-state index in [1.807, 2.05) is 18.2 Å². The van der Waals surface area contributed by atoms with Crippen LogP contribution >= 0.6 is 11.8 Å². The van der Waals surface area contributed by atoms with Crippen molar-refractivity contribution in [3.63, 3.8) is 0 Å². The Morgan fingerprint density at radius 1 is 1.36 bits per heavy atom. The first-order valence-electron chi connectivity index (χ1n) is 3.43. The number of hydrogen-bond donors (Lipinski definition) is 0. The molecule has 0 spiro atoms. The summed E-state index contributed by atoms with van der Waals surface area (Å²) >= 11 is 1.66. The van der Waals surface area contributed by atoms with Gasteiger partial charge in [-0.15, -0.1) is 11.8 Å². The van der Waals surface area contributed by atoms with Crippen molar-refractivity contribution in [2.75, 3.05) is 7.11 Å². The molecule has 1 nitrogen and oxygen atoms in total. The zero-order chi connectivity index (χ0) is 7.94. The largest absolute Gasteiger partial charge is 0.367 e. The molecule has 1 radical (unpaired) electrons. The lowest BCUT2D eigenvalue weighted by molar-refractivity contribution is 0.315. The fourth-order valence-electron chi connectivity index (χ4n) is 0.773. The third kappa shape index (κ3) is 3.44. The topological polar surface area (TPSA) is 9.23 Å². The maximum absolute atomic E-state index is 4.80. The average Bonchev–Trinajstić information content (AvgIpc) is 2.07. The van der Waals surface area contributed by atoms with Gasteiger partial charge in [-0.25, -0.2) is 0 Å². The van der Waals surface area contributed by atoms with E-state index in [4.69, 9.17) is 4.74 Å². The lowest BCUT2D eigenvalue weighted by Crippen LogP contribution is -1.79. The zero-order valence-corrected chi connectivity index (χ0v) is 7.30. The minimum absolute atomic E-state index is 0.981. The summed E-state index contributed by atoms with van der Waals surface area (Å²) in [5.74, 6) is 2.72. The minimum atomic E-state index is 0.981. The van der Waals surface area contributed by atoms with Gasteiger partial charge in [-0.05, 0) is 5.56 Å². The van der Waals surface area contributed by atoms with Crippen molar-refractivity contribution < 1.29 is 4.74 Å². The summed E-state index contributed by atoms with van der Waals surface area (Å²) < 4.78 is 4.80. The van der Waals surface area contributed by atoms with Gasteiger partial charge in [-0.1, -0.05) is 30.3 Å². The molecule has 0 saturated carbocycles. The number of hydrogen-bond acceptors (Lipinski definition) is 2. The lowest BCUT2D eigenvalue weighted by atomic mass is 10.2. The molecule has 0 aliphatic heterocycles. The van der Waals surface area contributed by atoms with Crippen LogP contribution in [0.15, 0.2) is 30.3 Å². The molecule has 0 unspecified atom stereocenters. The highest BCUT2D eigenvalue weighted by Gasteiger charge is 1.90. The Balaban J connectivity index is 2.28. The Morgan fingerprint density at radius 2 is 2.09 bits per heavy atom. The van der Waals surface area contributed by atoms with Gasteiger partial charge in [0.1, 0.15) is 5.94 Å². The molecule has 1 aromatic carbocycles. The smallest absolute Gasteiger partial charge is 0.138 e. The third-order valence-corrected chi connectivity index (χ3v) is 2.09. The van der Waals surface area contributed by atoms with Crippen LogP contribution in [0.1, 0.15) is 5.56 Å². The number of ether oxygens (including phenoxy) is 1. The molecule has 1 rings (SSSR count). The molecular formula is C9H11OS. The van der Waals surface area contributed by atoms with Gasteiger partial charge in [0.15, 0.2) is 0 Å². The molecular weight excluding hydrogens is 156 g/mol. The van der Waals surface area contributed by atoms with Crippen LogP contribution in [0, 0.1) is 5.94 Å². The number of thioether (sulfide) groups is 1. The summed E-state index contributed by atoms with van der Waals surface area (Å²) in [4.78, 5) is 0. The Morgan fingerprint density at radius 3 is 2.73 bits per heavy atom. The zero-order valence-electron chi connectivity index (χ0n) is 6.49. The molecule has 0 amide bonds. The van der Waals surface area contributed by atoms with Gasteiger partial charge in [0.05, 0.1) is 0 Å². The summed E-state index contributed by atoms with van der Waals surface area (Å²) in [6, 6.07) is 10.3. The van der Waals surface area contributed by atoms with E-state index in [1.54, 1.807) is 24.8 Å². The van der Waals surface area contributed by atoms with Crippen molar-refractivity contribution >= 4 is 11.8 Å². The lowest BCUT2D eigenvalue weighted by Gasteiger charge is -1.98. The maximum Gasteiger partial charge on any atom is 0.138 e. The standard InChI is InChI=1S/C9H11OS/c1-10-8-11-7-9-5-3-2-4-6-9/h2-6,8H,7H2,1H3. The Labute approximate surface area is 71.8 Å². The van der Waals surface area contributed by atoms with Gasteiger partial charge in [0, 0.05) is 12.9 Å². The Bertz CT molecular complexity index is 186. The van der Waals surface area contributed by atoms with E-state index >= 15 is 0 Å². The molecule has 0 saturated heterocycles. The fraction of sp³-hybridized carbons (Fsp3) is 0.222. The van der Waals surface area contributed by atoms with Gasteiger partial charge >= 0.3 is 0 Å². The highest BCUT2D eigenvalue weighted by molar-refractivity contribution is 8.00. The van der Waals surface area contributed by atoms with E-state index in [9.17, 15) is 0 Å². The van der Waals surface area contributed by atoms with Gasteiger partial charge in [-0.2, -0.15) is 0 Å². The van der Waals surface area contributed by atoms with Crippen molar-refractivity contribution in [2.45, 2.75) is 5.75 Å². The molecule has 1 aromatic rings. The molecule has 0 N–H and O–H groups in total. The average molecular weight is 167 g/mol. The number of rotatable bonds is 4. The van der Waals surface area contributed by atoms with Crippen LogP contribution in [0.5, 0.6) is 0 Å². The van der Waals surface area contributed by atoms with Gasteiger partial charge in [0.2, 0.25) is 0 Å². The molecule has 0 aromatic heterocycles. The van der Waals surface area contributed by atoms with Gasteiger partial charge < -0.3 is 4.74 Å². The van der Waals surface area contributed by atoms with E-state index in [0.29, 0.717) is 0 Å². The van der Waals surface area contributed by atoms with Crippen molar-refractivity contribution in [3.8, 4) is 0 Å². The third-order valence-electron chi connectivity index (χ3n) is 1.26. The first kappa shape index (κ1) is 8.62. The van der Waals surface area contributed by atoms with Crippen LogP contribution in [-0.2, 0) is 10.5 Å². The van der Waals surface area contributed by atoms with Crippen LogP contribution in [0.2, 0.25) is 0 Å². The van der Waals surface area contributed by atoms with Crippen LogP contribution < -0.4 is 0 Å². The fourth-order valence-corrected chi connectivity index (χ4v) is 1.36. The Hall–Kier alpha value is -0.470. The molecule has 0 aliphatic carbocycles. The summed E-state index contributed by atoms with van der Waals surface area (Å²) in [5, 5.41) is 0. The number of methoxy groups -OCH3 is 1. The second kappa shape index (κ2) is 5.22. The molecule has 0 fully saturated rings. The van der Waals surface area contributed by atoms with E-state index in [-0.39, 0.29) is 0 Å². The van der Waals surface area contributed by atoms with Crippen molar-refractivity contribution in [1.29, 1.82) is 0 Å². The number of benzene rings is 1. The highest BCUT2D eigenvalue weighted by Crippen LogP contribution is 2.13. The summed E-state index contributed by atoms with van der Waals surface area (Å²) in [6.45, 7) is 0. The second-order valence-electron chi connectivity index (χ2n) is 2.13. The van der Waals surface area contributed by atoms with Crippen LogP contribution in [0.25, 0.3) is 0 Å². The van der Waals surface area contributed by atoms with Crippen molar-refractivity contribution in [2.24, 2.45) is 0 Å². The SMILES string of the molecule is CO[CH]SCc1ccccc1. The molecule has 0 bridgehead atoms. The van der Waals surface area contributed by atoms with Gasteiger partial charge in [0.25, 0.3) is 0 Å². The predicted octanol–water partition coefficient (Wildman–Crippen LogP) is 2.69. The predicted molar refractivity (Wildman–Crippen MR) is 49.0 cm³/mol. The maximum atomic E-state index is 4.80. The van der Waals surface area contributed by atoms with Crippen molar-refractivity contribution in [3.05, 3.63) is 41.8 Å².